The van der Waals surface area contributed by atoms with E-state index in [-0.39, 0.29) is 6.04 Å². The summed E-state index contributed by atoms with van der Waals surface area (Å²) < 4.78 is 5.53. The van der Waals surface area contributed by atoms with Crippen molar-refractivity contribution in [2.45, 2.75) is 26.3 Å². The van der Waals surface area contributed by atoms with Crippen molar-refractivity contribution < 1.29 is 4.74 Å². The molecule has 0 aliphatic heterocycles. The molecule has 1 atom stereocenters. The van der Waals surface area contributed by atoms with Crippen molar-refractivity contribution in [3.05, 3.63) is 58.9 Å². The highest BCUT2D eigenvalue weighted by atomic mass is 35.5. The summed E-state index contributed by atoms with van der Waals surface area (Å²) in [5.74, 6) is 0.814. The van der Waals surface area contributed by atoms with Crippen LogP contribution in [-0.4, -0.2) is 18.1 Å². The Labute approximate surface area is 131 Å². The Bertz CT molecular complexity index is 557. The fourth-order valence-electron chi connectivity index (χ4n) is 2.28. The van der Waals surface area contributed by atoms with E-state index in [0.29, 0.717) is 6.61 Å². The largest absolute Gasteiger partial charge is 0.492 e. The van der Waals surface area contributed by atoms with Gasteiger partial charge in [0.2, 0.25) is 0 Å². The Morgan fingerprint density at radius 2 is 1.95 bits per heavy atom. The van der Waals surface area contributed by atoms with Crippen LogP contribution in [0.2, 0.25) is 5.02 Å². The molecule has 1 unspecified atom stereocenters. The van der Waals surface area contributed by atoms with Gasteiger partial charge in [0.15, 0.2) is 0 Å². The molecule has 0 fully saturated rings. The minimum absolute atomic E-state index is 0.212. The number of ether oxygens (including phenoxy) is 1. The van der Waals surface area contributed by atoms with Gasteiger partial charge in [0.05, 0.1) is 12.8 Å². The molecule has 3 nitrogen and oxygen atoms in total. The molecule has 21 heavy (non-hydrogen) atoms. The Morgan fingerprint density at radius 3 is 2.62 bits per heavy atom. The van der Waals surface area contributed by atoms with Crippen LogP contribution in [0, 0.1) is 0 Å². The predicted molar refractivity (Wildman–Crippen MR) is 87.0 cm³/mol. The molecule has 2 aromatic rings. The van der Waals surface area contributed by atoms with Crippen LogP contribution >= 0.6 is 11.6 Å². The van der Waals surface area contributed by atoms with E-state index in [2.05, 4.69) is 35.4 Å². The predicted octanol–water partition coefficient (Wildman–Crippen LogP) is 4.03. The van der Waals surface area contributed by atoms with Gasteiger partial charge in [-0.25, -0.2) is 0 Å². The molecule has 0 spiro atoms. The third-order valence-electron chi connectivity index (χ3n) is 3.25. The van der Waals surface area contributed by atoms with Crippen molar-refractivity contribution in [1.29, 1.82) is 0 Å². The second kappa shape index (κ2) is 8.01. The average molecular weight is 305 g/mol. The molecular formula is C17H21ClN2O. The monoisotopic (exact) mass is 304 g/mol. The fraction of sp³-hybridized carbons (Fsp3) is 0.353. The van der Waals surface area contributed by atoms with Crippen molar-refractivity contribution >= 4 is 11.6 Å². The molecular weight excluding hydrogens is 284 g/mol. The summed E-state index contributed by atoms with van der Waals surface area (Å²) in [4.78, 5) is 4.28. The Kier molecular flexibility index (Phi) is 6.03. The summed E-state index contributed by atoms with van der Waals surface area (Å²) in [6.45, 7) is 5.63. The van der Waals surface area contributed by atoms with E-state index < -0.39 is 0 Å². The first kappa shape index (κ1) is 15.8. The van der Waals surface area contributed by atoms with E-state index in [9.17, 15) is 0 Å². The molecule has 0 bridgehead atoms. The van der Waals surface area contributed by atoms with Crippen molar-refractivity contribution in [1.82, 2.24) is 10.3 Å². The first-order chi connectivity index (χ1) is 10.2. The molecule has 0 aliphatic rings. The third kappa shape index (κ3) is 4.73. The van der Waals surface area contributed by atoms with Gasteiger partial charge in [0.1, 0.15) is 5.75 Å². The lowest BCUT2D eigenvalue weighted by atomic mass is 10.00. The third-order valence-corrected chi connectivity index (χ3v) is 3.50. The minimum Gasteiger partial charge on any atom is -0.492 e. The highest BCUT2D eigenvalue weighted by Crippen LogP contribution is 2.22. The molecule has 1 aromatic carbocycles. The number of hydrogen-bond acceptors (Lipinski definition) is 3. The molecule has 1 N–H and O–H groups in total. The summed E-state index contributed by atoms with van der Waals surface area (Å²) >= 11 is 5.94. The fourth-order valence-corrected chi connectivity index (χ4v) is 2.41. The standard InChI is InChI=1S/C17H21ClN2O/c1-3-20-17(9-13-5-7-15(18)8-6-13)14-10-16(21-4-2)12-19-11-14/h5-8,10-12,17,20H,3-4,9H2,1-2H3. The molecule has 0 radical (unpaired) electrons. The summed E-state index contributed by atoms with van der Waals surface area (Å²) in [5.41, 5.74) is 2.38. The number of nitrogens with one attached hydrogen (secondary N) is 1. The normalized spacial score (nSPS) is 12.1. The van der Waals surface area contributed by atoms with Gasteiger partial charge in [-0.3, -0.25) is 4.98 Å². The van der Waals surface area contributed by atoms with Crippen LogP contribution in [0.5, 0.6) is 5.75 Å². The molecule has 1 heterocycles. The van der Waals surface area contributed by atoms with E-state index in [4.69, 9.17) is 16.3 Å². The highest BCUT2D eigenvalue weighted by Gasteiger charge is 2.12. The number of rotatable bonds is 7. The van der Waals surface area contributed by atoms with Gasteiger partial charge in [0, 0.05) is 17.3 Å². The summed E-state index contributed by atoms with van der Waals surface area (Å²) in [7, 11) is 0. The number of likely N-dealkylation sites (N-methyl/N-ethyl adjacent to an activating group) is 1. The van der Waals surface area contributed by atoms with Crippen molar-refractivity contribution in [3.8, 4) is 5.75 Å². The van der Waals surface area contributed by atoms with Crippen LogP contribution in [0.1, 0.15) is 31.0 Å². The molecule has 0 saturated heterocycles. The zero-order chi connectivity index (χ0) is 15.1. The van der Waals surface area contributed by atoms with Gasteiger partial charge in [-0.05, 0) is 49.2 Å². The zero-order valence-corrected chi connectivity index (χ0v) is 13.2. The maximum atomic E-state index is 5.94. The minimum atomic E-state index is 0.212. The Hall–Kier alpha value is -1.58. The summed E-state index contributed by atoms with van der Waals surface area (Å²) in [6, 6.07) is 10.2. The second-order valence-electron chi connectivity index (χ2n) is 4.83. The van der Waals surface area contributed by atoms with Gasteiger partial charge in [-0.15, -0.1) is 0 Å². The smallest absolute Gasteiger partial charge is 0.137 e. The average Bonchev–Trinajstić information content (AvgIpc) is 2.50. The SMILES string of the molecule is CCNC(Cc1ccc(Cl)cc1)c1cncc(OCC)c1. The number of benzene rings is 1. The van der Waals surface area contributed by atoms with Gasteiger partial charge in [0.25, 0.3) is 0 Å². The zero-order valence-electron chi connectivity index (χ0n) is 12.5. The van der Waals surface area contributed by atoms with Crippen LogP contribution in [0.15, 0.2) is 42.7 Å². The van der Waals surface area contributed by atoms with Gasteiger partial charge in [-0.1, -0.05) is 30.7 Å². The van der Waals surface area contributed by atoms with Gasteiger partial charge < -0.3 is 10.1 Å². The lowest BCUT2D eigenvalue weighted by Gasteiger charge is -2.19. The molecule has 112 valence electrons. The molecule has 1 aromatic heterocycles. The summed E-state index contributed by atoms with van der Waals surface area (Å²) in [6.07, 6.45) is 4.53. The van der Waals surface area contributed by atoms with E-state index in [1.807, 2.05) is 25.3 Å². The van der Waals surface area contributed by atoms with Crippen LogP contribution in [-0.2, 0) is 6.42 Å². The number of halogens is 1. The number of aromatic nitrogens is 1. The Balaban J connectivity index is 2.17. The highest BCUT2D eigenvalue weighted by molar-refractivity contribution is 6.30. The van der Waals surface area contributed by atoms with E-state index in [1.54, 1.807) is 6.20 Å². The number of nitrogens with zero attached hydrogens (tertiary/aromatic N) is 1. The second-order valence-corrected chi connectivity index (χ2v) is 5.26. The van der Waals surface area contributed by atoms with Crippen LogP contribution in [0.4, 0.5) is 0 Å². The first-order valence-electron chi connectivity index (χ1n) is 7.28. The molecule has 2 rings (SSSR count). The van der Waals surface area contributed by atoms with E-state index in [1.165, 1.54) is 5.56 Å². The van der Waals surface area contributed by atoms with E-state index >= 15 is 0 Å². The lowest BCUT2D eigenvalue weighted by molar-refractivity contribution is 0.338. The lowest BCUT2D eigenvalue weighted by Crippen LogP contribution is -2.23. The maximum absolute atomic E-state index is 5.94. The maximum Gasteiger partial charge on any atom is 0.137 e. The molecule has 0 amide bonds. The quantitative estimate of drug-likeness (QED) is 0.838. The number of hydrogen-bond donors (Lipinski definition) is 1. The van der Waals surface area contributed by atoms with Gasteiger partial charge in [-0.2, -0.15) is 0 Å². The topological polar surface area (TPSA) is 34.2 Å². The van der Waals surface area contributed by atoms with Crippen molar-refractivity contribution in [2.75, 3.05) is 13.2 Å². The summed E-state index contributed by atoms with van der Waals surface area (Å²) in [5, 5.41) is 4.27. The molecule has 0 saturated carbocycles. The van der Waals surface area contributed by atoms with Crippen molar-refractivity contribution in [3.63, 3.8) is 0 Å². The molecule has 4 heteroatoms. The van der Waals surface area contributed by atoms with Crippen molar-refractivity contribution in [2.24, 2.45) is 0 Å². The van der Waals surface area contributed by atoms with Gasteiger partial charge >= 0.3 is 0 Å². The van der Waals surface area contributed by atoms with Crippen LogP contribution < -0.4 is 10.1 Å². The van der Waals surface area contributed by atoms with E-state index in [0.717, 1.165) is 29.3 Å². The van der Waals surface area contributed by atoms with Crippen LogP contribution in [0.25, 0.3) is 0 Å². The Morgan fingerprint density at radius 1 is 1.19 bits per heavy atom. The van der Waals surface area contributed by atoms with Crippen LogP contribution in [0.3, 0.4) is 0 Å². The number of pyridine rings is 1. The molecule has 0 aliphatic carbocycles. The first-order valence-corrected chi connectivity index (χ1v) is 7.66.